The first-order valence-corrected chi connectivity index (χ1v) is 9.52. The SMILES string of the molecule is C#C[C@H]1CC[C@H](C2(CCCC)SCCCS2)CC1. The van der Waals surface area contributed by atoms with E-state index in [-0.39, 0.29) is 0 Å². The average Bonchev–Trinajstić information content (AvgIpc) is 2.46. The molecule has 0 bridgehead atoms. The van der Waals surface area contributed by atoms with E-state index in [0.717, 1.165) is 5.92 Å². The van der Waals surface area contributed by atoms with E-state index < -0.39 is 0 Å². The summed E-state index contributed by atoms with van der Waals surface area (Å²) in [4.78, 5) is 0. The number of thioether (sulfide) groups is 2. The summed E-state index contributed by atoms with van der Waals surface area (Å²) in [5, 5.41) is 0. The Bertz CT molecular complexity index is 278. The molecule has 1 saturated carbocycles. The first-order valence-electron chi connectivity index (χ1n) is 7.55. The fourth-order valence-electron chi connectivity index (χ4n) is 3.30. The molecular formula is C16H26S2. The van der Waals surface area contributed by atoms with Crippen LogP contribution in [0.15, 0.2) is 0 Å². The minimum atomic E-state index is 0.549. The van der Waals surface area contributed by atoms with Crippen LogP contribution >= 0.6 is 23.5 Å². The molecule has 0 aromatic heterocycles. The topological polar surface area (TPSA) is 0 Å². The van der Waals surface area contributed by atoms with E-state index in [9.17, 15) is 0 Å². The predicted molar refractivity (Wildman–Crippen MR) is 86.1 cm³/mol. The van der Waals surface area contributed by atoms with Gasteiger partial charge in [-0.3, -0.25) is 0 Å². The van der Waals surface area contributed by atoms with Gasteiger partial charge in [-0.2, -0.15) is 0 Å². The van der Waals surface area contributed by atoms with E-state index in [1.54, 1.807) is 0 Å². The molecule has 0 aromatic carbocycles. The Hall–Kier alpha value is 0.260. The Balaban J connectivity index is 1.98. The zero-order chi connectivity index (χ0) is 12.8. The van der Waals surface area contributed by atoms with Crippen molar-refractivity contribution in [3.63, 3.8) is 0 Å². The molecular weight excluding hydrogens is 256 g/mol. The molecule has 1 saturated heterocycles. The number of unbranched alkanes of at least 4 members (excludes halogenated alkanes) is 1. The second-order valence-electron chi connectivity index (χ2n) is 5.68. The zero-order valence-corrected chi connectivity index (χ0v) is 13.3. The van der Waals surface area contributed by atoms with Gasteiger partial charge in [0, 0.05) is 5.92 Å². The quantitative estimate of drug-likeness (QED) is 0.651. The van der Waals surface area contributed by atoms with Gasteiger partial charge < -0.3 is 0 Å². The minimum absolute atomic E-state index is 0.549. The fraction of sp³-hybridized carbons (Fsp3) is 0.875. The Morgan fingerprint density at radius 2 is 1.83 bits per heavy atom. The third-order valence-corrected chi connectivity index (χ3v) is 8.19. The third-order valence-electron chi connectivity index (χ3n) is 4.45. The van der Waals surface area contributed by atoms with Crippen molar-refractivity contribution in [1.82, 2.24) is 0 Å². The smallest absolute Gasteiger partial charge is 0.0639 e. The van der Waals surface area contributed by atoms with Crippen molar-refractivity contribution in [3.8, 4) is 12.3 Å². The van der Waals surface area contributed by atoms with E-state index in [0.29, 0.717) is 10.00 Å². The van der Waals surface area contributed by atoms with Gasteiger partial charge in [-0.05, 0) is 55.9 Å². The van der Waals surface area contributed by atoms with E-state index in [2.05, 4.69) is 36.4 Å². The minimum Gasteiger partial charge on any atom is -0.144 e. The molecule has 0 N–H and O–H groups in total. The first kappa shape index (κ1) is 14.7. The van der Waals surface area contributed by atoms with Crippen LogP contribution < -0.4 is 0 Å². The van der Waals surface area contributed by atoms with Crippen molar-refractivity contribution < 1.29 is 0 Å². The van der Waals surface area contributed by atoms with Crippen LogP contribution in [0.3, 0.4) is 0 Å². The normalized spacial score (nSPS) is 31.8. The van der Waals surface area contributed by atoms with Crippen molar-refractivity contribution in [2.75, 3.05) is 11.5 Å². The van der Waals surface area contributed by atoms with Crippen LogP contribution in [0.1, 0.15) is 58.3 Å². The van der Waals surface area contributed by atoms with Gasteiger partial charge in [0.05, 0.1) is 4.08 Å². The lowest BCUT2D eigenvalue weighted by Crippen LogP contribution is -2.36. The van der Waals surface area contributed by atoms with Crippen LogP contribution in [-0.4, -0.2) is 15.6 Å². The maximum atomic E-state index is 5.58. The predicted octanol–water partition coefficient (Wildman–Crippen LogP) is 5.18. The highest BCUT2D eigenvalue weighted by Gasteiger charge is 2.41. The fourth-order valence-corrected chi connectivity index (χ4v) is 7.10. The second kappa shape index (κ2) is 7.15. The number of hydrogen-bond acceptors (Lipinski definition) is 2. The molecule has 1 aliphatic carbocycles. The molecule has 18 heavy (non-hydrogen) atoms. The molecule has 0 aromatic rings. The molecule has 1 aliphatic heterocycles. The molecule has 1 heterocycles. The molecule has 0 unspecified atom stereocenters. The molecule has 2 heteroatoms. The van der Waals surface area contributed by atoms with Gasteiger partial charge >= 0.3 is 0 Å². The highest BCUT2D eigenvalue weighted by molar-refractivity contribution is 8.18. The van der Waals surface area contributed by atoms with E-state index in [1.807, 2.05) is 0 Å². The lowest BCUT2D eigenvalue weighted by Gasteiger charge is -2.45. The summed E-state index contributed by atoms with van der Waals surface area (Å²) in [7, 11) is 0. The van der Waals surface area contributed by atoms with Crippen LogP contribution in [0.25, 0.3) is 0 Å². The molecule has 0 nitrogen and oxygen atoms in total. The number of hydrogen-bond donors (Lipinski definition) is 0. The number of terminal acetylenes is 1. The second-order valence-corrected chi connectivity index (χ2v) is 8.79. The van der Waals surface area contributed by atoms with E-state index in [4.69, 9.17) is 6.42 Å². The molecule has 2 aliphatic rings. The van der Waals surface area contributed by atoms with Crippen molar-refractivity contribution in [2.24, 2.45) is 11.8 Å². The van der Waals surface area contributed by atoms with Crippen LogP contribution in [0.5, 0.6) is 0 Å². The molecule has 2 fully saturated rings. The average molecular weight is 283 g/mol. The molecule has 2 rings (SSSR count). The third kappa shape index (κ3) is 3.42. The van der Waals surface area contributed by atoms with Crippen LogP contribution in [0, 0.1) is 24.2 Å². The lowest BCUT2D eigenvalue weighted by atomic mass is 9.79. The van der Waals surface area contributed by atoms with Crippen molar-refractivity contribution in [3.05, 3.63) is 0 Å². The standard InChI is InChI=1S/C16H26S2/c1-3-5-11-16(17-12-6-13-18-16)15-9-7-14(4-2)8-10-15/h2,14-15H,3,5-13H2,1H3/t14-,15-. The van der Waals surface area contributed by atoms with Gasteiger partial charge in [0.25, 0.3) is 0 Å². The van der Waals surface area contributed by atoms with Gasteiger partial charge in [0.2, 0.25) is 0 Å². The van der Waals surface area contributed by atoms with Gasteiger partial charge in [0.15, 0.2) is 0 Å². The van der Waals surface area contributed by atoms with Crippen LogP contribution in [0.2, 0.25) is 0 Å². The summed E-state index contributed by atoms with van der Waals surface area (Å²) in [6, 6.07) is 0. The van der Waals surface area contributed by atoms with E-state index >= 15 is 0 Å². The molecule has 0 amide bonds. The molecule has 102 valence electrons. The highest BCUT2D eigenvalue weighted by atomic mass is 32.2. The lowest BCUT2D eigenvalue weighted by molar-refractivity contribution is 0.287. The van der Waals surface area contributed by atoms with Gasteiger partial charge in [0.1, 0.15) is 0 Å². The summed E-state index contributed by atoms with van der Waals surface area (Å²) in [5.41, 5.74) is 0. The number of rotatable bonds is 4. The van der Waals surface area contributed by atoms with E-state index in [1.165, 1.54) is 62.9 Å². The zero-order valence-electron chi connectivity index (χ0n) is 11.6. The summed E-state index contributed by atoms with van der Waals surface area (Å²) in [6.45, 7) is 2.32. The Morgan fingerprint density at radius 1 is 1.17 bits per heavy atom. The van der Waals surface area contributed by atoms with Crippen molar-refractivity contribution in [2.45, 2.75) is 62.4 Å². The Morgan fingerprint density at radius 3 is 2.39 bits per heavy atom. The summed E-state index contributed by atoms with van der Waals surface area (Å²) >= 11 is 4.55. The Kier molecular flexibility index (Phi) is 5.83. The van der Waals surface area contributed by atoms with Gasteiger partial charge in [-0.25, -0.2) is 0 Å². The van der Waals surface area contributed by atoms with Crippen molar-refractivity contribution in [1.29, 1.82) is 0 Å². The summed E-state index contributed by atoms with van der Waals surface area (Å²) in [6.07, 6.45) is 16.4. The summed E-state index contributed by atoms with van der Waals surface area (Å²) < 4.78 is 0.549. The van der Waals surface area contributed by atoms with Gasteiger partial charge in [-0.15, -0.1) is 35.9 Å². The Labute approximate surface area is 121 Å². The molecule has 0 radical (unpaired) electrons. The summed E-state index contributed by atoms with van der Waals surface area (Å²) in [5.74, 6) is 7.22. The monoisotopic (exact) mass is 282 g/mol. The first-order chi connectivity index (χ1) is 8.80. The largest absolute Gasteiger partial charge is 0.144 e. The highest BCUT2D eigenvalue weighted by Crippen LogP contribution is 2.55. The van der Waals surface area contributed by atoms with Crippen LogP contribution in [0.4, 0.5) is 0 Å². The maximum Gasteiger partial charge on any atom is 0.0639 e. The van der Waals surface area contributed by atoms with Crippen molar-refractivity contribution >= 4 is 23.5 Å². The molecule has 0 atom stereocenters. The van der Waals surface area contributed by atoms with Crippen LogP contribution in [-0.2, 0) is 0 Å². The molecule has 0 spiro atoms. The van der Waals surface area contributed by atoms with Gasteiger partial charge in [-0.1, -0.05) is 19.8 Å². The maximum absolute atomic E-state index is 5.58.